The molecule has 1 saturated heterocycles. The van der Waals surface area contributed by atoms with Crippen molar-refractivity contribution in [1.82, 2.24) is 10.6 Å². The predicted octanol–water partition coefficient (Wildman–Crippen LogP) is 5.01. The molecule has 0 saturated carbocycles. The molecule has 2 atom stereocenters. The smallest absolute Gasteiger partial charge is 0.371 e. The van der Waals surface area contributed by atoms with Crippen LogP contribution in [0.5, 0.6) is 0 Å². The molecule has 2 aromatic carbocycles. The highest BCUT2D eigenvalue weighted by atomic mass is 19.4. The lowest BCUT2D eigenvalue weighted by Gasteiger charge is -2.30. The standard InChI is InChI=1S/C20H18F6N2O2/c1-12(13-7-15(19(21,22)23)9-16(8-13)20(24,25)26)30-11-18(10-27-17(29)28-18)14-5-3-2-4-6-14/h2-9,12H,10-11H2,1H3,(H2,27,28,29). The van der Waals surface area contributed by atoms with Gasteiger partial charge < -0.3 is 15.4 Å². The Labute approximate surface area is 168 Å². The molecule has 1 aliphatic heterocycles. The van der Waals surface area contributed by atoms with Gasteiger partial charge in [-0.25, -0.2) is 4.79 Å². The van der Waals surface area contributed by atoms with Crippen LogP contribution in [0.15, 0.2) is 48.5 Å². The molecule has 30 heavy (non-hydrogen) atoms. The van der Waals surface area contributed by atoms with Crippen LogP contribution in [0.3, 0.4) is 0 Å². The highest BCUT2D eigenvalue weighted by Crippen LogP contribution is 2.38. The topological polar surface area (TPSA) is 50.4 Å². The number of halogens is 6. The highest BCUT2D eigenvalue weighted by molar-refractivity contribution is 5.78. The van der Waals surface area contributed by atoms with Gasteiger partial charge in [0.1, 0.15) is 5.54 Å². The third-order valence-corrected chi connectivity index (χ3v) is 4.89. The lowest BCUT2D eigenvalue weighted by atomic mass is 9.91. The molecule has 162 valence electrons. The van der Waals surface area contributed by atoms with Crippen molar-refractivity contribution in [3.63, 3.8) is 0 Å². The summed E-state index contributed by atoms with van der Waals surface area (Å²) < 4.78 is 84.2. The van der Waals surface area contributed by atoms with E-state index in [1.54, 1.807) is 30.3 Å². The van der Waals surface area contributed by atoms with Gasteiger partial charge in [0, 0.05) is 6.54 Å². The number of urea groups is 1. The van der Waals surface area contributed by atoms with Gasteiger partial charge in [-0.2, -0.15) is 26.3 Å². The van der Waals surface area contributed by atoms with Crippen molar-refractivity contribution in [3.05, 3.63) is 70.8 Å². The molecule has 0 aromatic heterocycles. The van der Waals surface area contributed by atoms with E-state index in [0.29, 0.717) is 17.7 Å². The quantitative estimate of drug-likeness (QED) is 0.653. The van der Waals surface area contributed by atoms with Crippen molar-refractivity contribution in [2.24, 2.45) is 0 Å². The molecule has 3 rings (SSSR count). The van der Waals surface area contributed by atoms with E-state index in [1.165, 1.54) is 6.92 Å². The Balaban J connectivity index is 1.88. The Morgan fingerprint density at radius 1 is 1.00 bits per heavy atom. The zero-order valence-corrected chi connectivity index (χ0v) is 15.7. The molecule has 1 aliphatic rings. The second-order valence-corrected chi connectivity index (χ2v) is 7.05. The van der Waals surface area contributed by atoms with Crippen LogP contribution < -0.4 is 10.6 Å². The van der Waals surface area contributed by atoms with E-state index in [-0.39, 0.29) is 24.8 Å². The van der Waals surface area contributed by atoms with Crippen LogP contribution in [0.25, 0.3) is 0 Å². The Morgan fingerprint density at radius 2 is 1.57 bits per heavy atom. The van der Waals surface area contributed by atoms with Crippen LogP contribution in [0.1, 0.15) is 35.3 Å². The van der Waals surface area contributed by atoms with Gasteiger partial charge in [-0.05, 0) is 36.2 Å². The number of alkyl halides is 6. The van der Waals surface area contributed by atoms with E-state index in [1.807, 2.05) is 0 Å². The van der Waals surface area contributed by atoms with E-state index in [4.69, 9.17) is 4.74 Å². The van der Waals surface area contributed by atoms with Crippen LogP contribution in [0, 0.1) is 0 Å². The molecule has 0 bridgehead atoms. The van der Waals surface area contributed by atoms with Crippen LogP contribution in [-0.4, -0.2) is 19.2 Å². The Kier molecular flexibility index (Phi) is 5.72. The fraction of sp³-hybridized carbons (Fsp3) is 0.350. The van der Waals surface area contributed by atoms with Crippen molar-refractivity contribution < 1.29 is 35.9 Å². The normalized spacial score (nSPS) is 20.6. The summed E-state index contributed by atoms with van der Waals surface area (Å²) in [6.45, 7) is 1.35. The Bertz CT molecular complexity index is 881. The first kappa shape index (κ1) is 21.9. The summed E-state index contributed by atoms with van der Waals surface area (Å²) in [7, 11) is 0. The molecule has 2 amide bonds. The minimum absolute atomic E-state index is 0.0722. The fourth-order valence-electron chi connectivity index (χ4n) is 3.22. The molecule has 2 unspecified atom stereocenters. The van der Waals surface area contributed by atoms with E-state index in [2.05, 4.69) is 10.6 Å². The minimum Gasteiger partial charge on any atom is -0.371 e. The number of hydrogen-bond donors (Lipinski definition) is 2. The molecule has 0 aliphatic carbocycles. The zero-order chi connectivity index (χ0) is 22.2. The molecule has 2 N–H and O–H groups in total. The largest absolute Gasteiger partial charge is 0.416 e. The van der Waals surface area contributed by atoms with Gasteiger partial charge >= 0.3 is 18.4 Å². The van der Waals surface area contributed by atoms with E-state index >= 15 is 0 Å². The van der Waals surface area contributed by atoms with Gasteiger partial charge in [0.15, 0.2) is 0 Å². The lowest BCUT2D eigenvalue weighted by molar-refractivity contribution is -0.143. The molecule has 1 heterocycles. The van der Waals surface area contributed by atoms with Gasteiger partial charge in [-0.15, -0.1) is 0 Å². The summed E-state index contributed by atoms with van der Waals surface area (Å²) in [4.78, 5) is 11.7. The predicted molar refractivity (Wildman–Crippen MR) is 95.5 cm³/mol. The van der Waals surface area contributed by atoms with E-state index in [9.17, 15) is 31.1 Å². The van der Waals surface area contributed by atoms with Crippen molar-refractivity contribution in [1.29, 1.82) is 0 Å². The molecule has 4 nitrogen and oxygen atoms in total. The first-order valence-electron chi connectivity index (χ1n) is 8.93. The number of nitrogens with one attached hydrogen (secondary N) is 2. The summed E-state index contributed by atoms with van der Waals surface area (Å²) in [5, 5.41) is 5.33. The first-order valence-corrected chi connectivity index (χ1v) is 8.93. The average molecular weight is 432 g/mol. The van der Waals surface area contributed by atoms with Crippen LogP contribution in [-0.2, 0) is 22.6 Å². The maximum Gasteiger partial charge on any atom is 0.416 e. The molecular weight excluding hydrogens is 414 g/mol. The number of carbonyl (C=O) groups is 1. The number of ether oxygens (including phenoxy) is 1. The third-order valence-electron chi connectivity index (χ3n) is 4.89. The number of amides is 2. The fourth-order valence-corrected chi connectivity index (χ4v) is 3.22. The highest BCUT2D eigenvalue weighted by Gasteiger charge is 2.41. The summed E-state index contributed by atoms with van der Waals surface area (Å²) in [5.41, 5.74) is -3.39. The monoisotopic (exact) mass is 432 g/mol. The zero-order valence-electron chi connectivity index (χ0n) is 15.7. The maximum absolute atomic E-state index is 13.1. The van der Waals surface area contributed by atoms with Gasteiger partial charge in [0.05, 0.1) is 23.8 Å². The third kappa shape index (κ3) is 4.69. The van der Waals surface area contributed by atoms with E-state index in [0.717, 1.165) is 0 Å². The van der Waals surface area contributed by atoms with Crippen LogP contribution in [0.2, 0.25) is 0 Å². The lowest BCUT2D eigenvalue weighted by Crippen LogP contribution is -2.45. The second kappa shape index (κ2) is 7.82. The summed E-state index contributed by atoms with van der Waals surface area (Å²) >= 11 is 0. The molecule has 2 aromatic rings. The van der Waals surface area contributed by atoms with E-state index < -0.39 is 41.2 Å². The van der Waals surface area contributed by atoms with Crippen LogP contribution in [0.4, 0.5) is 31.1 Å². The van der Waals surface area contributed by atoms with Gasteiger partial charge in [-0.3, -0.25) is 0 Å². The number of hydrogen-bond acceptors (Lipinski definition) is 2. The number of rotatable bonds is 5. The molecule has 0 radical (unpaired) electrons. The van der Waals surface area contributed by atoms with Crippen LogP contribution >= 0.6 is 0 Å². The van der Waals surface area contributed by atoms with Crippen molar-refractivity contribution in [2.45, 2.75) is 30.9 Å². The average Bonchev–Trinajstić information content (AvgIpc) is 3.07. The summed E-state index contributed by atoms with van der Waals surface area (Å²) in [6.07, 6.45) is -11.0. The maximum atomic E-state index is 13.1. The molecule has 1 fully saturated rings. The number of benzene rings is 2. The Morgan fingerprint density at radius 3 is 2.03 bits per heavy atom. The Hall–Kier alpha value is -2.75. The first-order chi connectivity index (χ1) is 13.9. The van der Waals surface area contributed by atoms with Gasteiger partial charge in [0.2, 0.25) is 0 Å². The molecule has 0 spiro atoms. The van der Waals surface area contributed by atoms with Crippen molar-refractivity contribution in [3.8, 4) is 0 Å². The van der Waals surface area contributed by atoms with Gasteiger partial charge in [-0.1, -0.05) is 30.3 Å². The second-order valence-electron chi connectivity index (χ2n) is 7.05. The van der Waals surface area contributed by atoms with Crippen molar-refractivity contribution >= 4 is 6.03 Å². The SMILES string of the molecule is CC(OCC1(c2ccccc2)CNC(=O)N1)c1cc(C(F)(F)F)cc(C(F)(F)F)c1. The molecule has 10 heteroatoms. The number of carbonyl (C=O) groups excluding carboxylic acids is 1. The van der Waals surface area contributed by atoms with Gasteiger partial charge in [0.25, 0.3) is 0 Å². The summed E-state index contributed by atoms with van der Waals surface area (Å²) in [5.74, 6) is 0. The molecular formula is C20H18F6N2O2. The minimum atomic E-state index is -4.94. The summed E-state index contributed by atoms with van der Waals surface area (Å²) in [6, 6.07) is 9.64. The van der Waals surface area contributed by atoms with Crippen molar-refractivity contribution in [2.75, 3.05) is 13.2 Å².